The molecule has 0 saturated heterocycles. The Labute approximate surface area is 35.2 Å². The first-order chi connectivity index (χ1) is 2.77. The fourth-order valence-corrected chi connectivity index (χ4v) is 0.0586. The summed E-state index contributed by atoms with van der Waals surface area (Å²) in [6.07, 6.45) is 1.22. The molecule has 0 heterocycles. The Balaban J connectivity index is 3.60. The van der Waals surface area contributed by atoms with E-state index in [0.717, 1.165) is 0 Å². The van der Waals surface area contributed by atoms with Crippen LogP contribution < -0.4 is 5.73 Å². The molecule has 2 N–H and O–H groups in total. The zero-order valence-electron chi connectivity index (χ0n) is 3.14. The molecule has 0 aromatic rings. The highest BCUT2D eigenvalue weighted by Gasteiger charge is 1.65. The summed E-state index contributed by atoms with van der Waals surface area (Å²) >= 11 is 0. The number of isocyanates is 1. The topological polar surface area (TPSA) is 55.4 Å². The summed E-state index contributed by atoms with van der Waals surface area (Å²) < 4.78 is 0. The summed E-state index contributed by atoms with van der Waals surface area (Å²) in [5.41, 5.74) is 4.78. The standard InChI is InChI=1S/C3H4N2O/c1-3(4)5-2-6/h1,4H2. The molecule has 0 radical (unpaired) electrons. The smallest absolute Gasteiger partial charge is 0.241 e. The van der Waals surface area contributed by atoms with Crippen molar-refractivity contribution in [1.82, 2.24) is 0 Å². The minimum Gasteiger partial charge on any atom is -0.383 e. The van der Waals surface area contributed by atoms with Gasteiger partial charge < -0.3 is 5.73 Å². The van der Waals surface area contributed by atoms with Crippen molar-refractivity contribution >= 4 is 6.08 Å². The third-order valence-electron chi connectivity index (χ3n) is 0.189. The first-order valence-electron chi connectivity index (χ1n) is 1.29. The molecule has 0 atom stereocenters. The van der Waals surface area contributed by atoms with Crippen LogP contribution in [0.2, 0.25) is 0 Å². The summed E-state index contributed by atoms with van der Waals surface area (Å²) in [6.45, 7) is 3.09. The molecule has 0 aromatic carbocycles. The first-order valence-corrected chi connectivity index (χ1v) is 1.29. The number of aliphatic imine (C=N–C) groups is 1. The number of hydrogen-bond acceptors (Lipinski definition) is 3. The maximum absolute atomic E-state index is 9.18. The second-order valence-electron chi connectivity index (χ2n) is 0.694. The number of nitrogens with zero attached hydrogens (tertiary/aromatic N) is 1. The molecular formula is C3H4N2O. The number of hydrogen-bond donors (Lipinski definition) is 1. The maximum atomic E-state index is 9.18. The van der Waals surface area contributed by atoms with Crippen molar-refractivity contribution in [2.24, 2.45) is 10.7 Å². The molecule has 0 saturated carbocycles. The largest absolute Gasteiger partial charge is 0.383 e. The summed E-state index contributed by atoms with van der Waals surface area (Å²) in [5.74, 6) is -0.00926. The summed E-state index contributed by atoms with van der Waals surface area (Å²) in [7, 11) is 0. The van der Waals surface area contributed by atoms with Crippen LogP contribution in [-0.2, 0) is 4.79 Å². The van der Waals surface area contributed by atoms with Gasteiger partial charge >= 0.3 is 0 Å². The predicted octanol–water partition coefficient (Wildman–Crippen LogP) is -0.248. The van der Waals surface area contributed by atoms with Crippen molar-refractivity contribution in [2.75, 3.05) is 0 Å². The fourth-order valence-electron chi connectivity index (χ4n) is 0.0586. The molecule has 0 rings (SSSR count). The van der Waals surface area contributed by atoms with Crippen molar-refractivity contribution in [2.45, 2.75) is 0 Å². The van der Waals surface area contributed by atoms with Gasteiger partial charge in [-0.25, -0.2) is 4.79 Å². The van der Waals surface area contributed by atoms with Crippen LogP contribution in [-0.4, -0.2) is 6.08 Å². The highest BCUT2D eigenvalue weighted by Crippen LogP contribution is 1.69. The lowest BCUT2D eigenvalue weighted by Gasteiger charge is -1.72. The van der Waals surface area contributed by atoms with E-state index in [1.54, 1.807) is 0 Å². The lowest BCUT2D eigenvalue weighted by Crippen LogP contribution is -1.87. The zero-order valence-corrected chi connectivity index (χ0v) is 3.14. The summed E-state index contributed by atoms with van der Waals surface area (Å²) in [6, 6.07) is 0. The Morgan fingerprint density at radius 2 is 2.50 bits per heavy atom. The van der Waals surface area contributed by atoms with Crippen LogP contribution in [0.3, 0.4) is 0 Å². The van der Waals surface area contributed by atoms with Crippen LogP contribution in [0.15, 0.2) is 17.4 Å². The van der Waals surface area contributed by atoms with E-state index < -0.39 is 0 Å². The summed E-state index contributed by atoms with van der Waals surface area (Å²) in [4.78, 5) is 12.1. The van der Waals surface area contributed by atoms with Crippen molar-refractivity contribution in [1.29, 1.82) is 0 Å². The maximum Gasteiger partial charge on any atom is 0.241 e. The second kappa shape index (κ2) is 2.18. The number of carbonyl (C=O) groups excluding carboxylic acids is 1. The highest BCUT2D eigenvalue weighted by atomic mass is 16.1. The first kappa shape index (κ1) is 4.92. The molecule has 3 heteroatoms. The average Bonchev–Trinajstić information content (AvgIpc) is 1.35. The SMILES string of the molecule is C=C(N)N=C=O. The molecule has 0 spiro atoms. The van der Waals surface area contributed by atoms with Crippen LogP contribution >= 0.6 is 0 Å². The molecule has 0 aliphatic rings. The summed E-state index contributed by atoms with van der Waals surface area (Å²) in [5, 5.41) is 0. The predicted molar refractivity (Wildman–Crippen MR) is 21.4 cm³/mol. The monoisotopic (exact) mass is 84.0 g/mol. The Morgan fingerprint density at radius 3 is 2.50 bits per heavy atom. The van der Waals surface area contributed by atoms with Crippen LogP contribution in [0.1, 0.15) is 0 Å². The van der Waals surface area contributed by atoms with Crippen LogP contribution in [0.5, 0.6) is 0 Å². The van der Waals surface area contributed by atoms with Gasteiger partial charge in [0.15, 0.2) is 0 Å². The quantitative estimate of drug-likeness (QED) is 0.352. The molecule has 6 heavy (non-hydrogen) atoms. The van der Waals surface area contributed by atoms with Crippen LogP contribution in [0.25, 0.3) is 0 Å². The van der Waals surface area contributed by atoms with Gasteiger partial charge in [0.05, 0.1) is 0 Å². The molecule has 3 nitrogen and oxygen atoms in total. The molecule has 0 aliphatic heterocycles. The van der Waals surface area contributed by atoms with Crippen LogP contribution in [0.4, 0.5) is 0 Å². The number of rotatable bonds is 1. The van der Waals surface area contributed by atoms with E-state index in [9.17, 15) is 4.79 Å². The third-order valence-corrected chi connectivity index (χ3v) is 0.189. The average molecular weight is 84.1 g/mol. The van der Waals surface area contributed by atoms with Gasteiger partial charge in [-0.1, -0.05) is 6.58 Å². The Kier molecular flexibility index (Phi) is 1.78. The van der Waals surface area contributed by atoms with E-state index in [2.05, 4.69) is 11.6 Å². The van der Waals surface area contributed by atoms with E-state index in [0.29, 0.717) is 0 Å². The van der Waals surface area contributed by atoms with Crippen molar-refractivity contribution in [3.05, 3.63) is 12.4 Å². The molecule has 32 valence electrons. The zero-order chi connectivity index (χ0) is 4.99. The van der Waals surface area contributed by atoms with Gasteiger partial charge in [-0.3, -0.25) is 0 Å². The molecule has 0 amide bonds. The molecule has 0 fully saturated rings. The minimum absolute atomic E-state index is 0.00926. The van der Waals surface area contributed by atoms with Crippen LogP contribution in [0, 0.1) is 0 Å². The normalized spacial score (nSPS) is 6.00. The van der Waals surface area contributed by atoms with E-state index in [1.165, 1.54) is 6.08 Å². The van der Waals surface area contributed by atoms with Crippen molar-refractivity contribution in [3.63, 3.8) is 0 Å². The molecule has 0 unspecified atom stereocenters. The van der Waals surface area contributed by atoms with Gasteiger partial charge in [-0.05, 0) is 0 Å². The number of nitrogens with two attached hydrogens (primary N) is 1. The Hall–Kier alpha value is -1.08. The second-order valence-corrected chi connectivity index (χ2v) is 0.694. The van der Waals surface area contributed by atoms with Gasteiger partial charge in [0.2, 0.25) is 6.08 Å². The lowest BCUT2D eigenvalue weighted by molar-refractivity contribution is 0.564. The van der Waals surface area contributed by atoms with Gasteiger partial charge in [0, 0.05) is 0 Å². The van der Waals surface area contributed by atoms with E-state index in [-0.39, 0.29) is 5.82 Å². The molecule has 0 bridgehead atoms. The third kappa shape index (κ3) is 2.92. The highest BCUT2D eigenvalue weighted by molar-refractivity contribution is 5.35. The van der Waals surface area contributed by atoms with Crippen molar-refractivity contribution < 1.29 is 4.79 Å². The lowest BCUT2D eigenvalue weighted by atomic mass is 10.9. The van der Waals surface area contributed by atoms with Gasteiger partial charge in [0.25, 0.3) is 0 Å². The minimum atomic E-state index is -0.00926. The van der Waals surface area contributed by atoms with Gasteiger partial charge in [-0.2, -0.15) is 4.99 Å². The van der Waals surface area contributed by atoms with E-state index in [1.807, 2.05) is 0 Å². The molecule has 0 aromatic heterocycles. The Morgan fingerprint density at radius 1 is 2.00 bits per heavy atom. The van der Waals surface area contributed by atoms with E-state index >= 15 is 0 Å². The van der Waals surface area contributed by atoms with E-state index in [4.69, 9.17) is 5.73 Å². The van der Waals surface area contributed by atoms with Crippen molar-refractivity contribution in [3.8, 4) is 0 Å². The molecular weight excluding hydrogens is 80.0 g/mol. The fraction of sp³-hybridized carbons (Fsp3) is 0. The van der Waals surface area contributed by atoms with Gasteiger partial charge in [0.1, 0.15) is 5.82 Å². The van der Waals surface area contributed by atoms with Gasteiger partial charge in [-0.15, -0.1) is 0 Å². The Bertz CT molecular complexity index is 101. The molecule has 0 aliphatic carbocycles.